The normalized spacial score (nSPS) is 14.2. The van der Waals surface area contributed by atoms with Crippen molar-refractivity contribution >= 4 is 22.2 Å². The van der Waals surface area contributed by atoms with Gasteiger partial charge >= 0.3 is 0 Å². The van der Waals surface area contributed by atoms with E-state index in [0.717, 1.165) is 28.5 Å². The number of rotatable bonds is 5. The maximum absolute atomic E-state index is 11.1. The largest absolute Gasteiger partial charge is 0.339 e. The van der Waals surface area contributed by atoms with Crippen molar-refractivity contribution in [2.45, 2.75) is 32.4 Å². The van der Waals surface area contributed by atoms with E-state index in [1.54, 1.807) is 18.2 Å². The van der Waals surface area contributed by atoms with Gasteiger partial charge < -0.3 is 4.90 Å². The Kier molecular flexibility index (Phi) is 3.35. The van der Waals surface area contributed by atoms with Gasteiger partial charge in [0.25, 0.3) is 5.69 Å². The number of hydrogen-bond acceptors (Lipinski definition) is 6. The van der Waals surface area contributed by atoms with E-state index in [1.165, 1.54) is 11.3 Å². The summed E-state index contributed by atoms with van der Waals surface area (Å²) in [5.74, 6) is 0. The van der Waals surface area contributed by atoms with Crippen LogP contribution in [0.3, 0.4) is 0 Å². The van der Waals surface area contributed by atoms with Crippen LogP contribution in [0.15, 0.2) is 24.3 Å². The van der Waals surface area contributed by atoms with Crippen molar-refractivity contribution in [2.75, 3.05) is 4.90 Å². The fourth-order valence-corrected chi connectivity index (χ4v) is 2.91. The van der Waals surface area contributed by atoms with E-state index >= 15 is 0 Å². The van der Waals surface area contributed by atoms with Crippen LogP contribution in [0.1, 0.15) is 23.4 Å². The molecule has 3 rings (SSSR count). The lowest BCUT2D eigenvalue weighted by Crippen LogP contribution is -2.25. The number of para-hydroxylation sites is 1. The van der Waals surface area contributed by atoms with E-state index in [1.807, 2.05) is 13.0 Å². The molecule has 1 aliphatic rings. The van der Waals surface area contributed by atoms with Crippen LogP contribution in [-0.4, -0.2) is 21.2 Å². The first-order valence-corrected chi connectivity index (χ1v) is 7.26. The Balaban J connectivity index is 1.89. The molecule has 1 aliphatic carbocycles. The number of hydrogen-bond donors (Lipinski definition) is 0. The molecule has 1 aromatic carbocycles. The Labute approximate surface area is 120 Å². The predicted octanol–water partition coefficient (Wildman–Crippen LogP) is 2.92. The van der Waals surface area contributed by atoms with Crippen molar-refractivity contribution < 1.29 is 4.92 Å². The number of nitro groups is 1. The average Bonchev–Trinajstić information content (AvgIpc) is 3.18. The first-order valence-electron chi connectivity index (χ1n) is 6.44. The van der Waals surface area contributed by atoms with Crippen LogP contribution in [0, 0.1) is 17.0 Å². The Bertz CT molecular complexity index is 639. The van der Waals surface area contributed by atoms with Gasteiger partial charge in [-0.2, -0.15) is 0 Å². The lowest BCUT2D eigenvalue weighted by Gasteiger charge is -2.20. The van der Waals surface area contributed by atoms with Crippen molar-refractivity contribution in [1.29, 1.82) is 0 Å². The fourth-order valence-electron chi connectivity index (χ4n) is 2.15. The van der Waals surface area contributed by atoms with Crippen LogP contribution < -0.4 is 4.90 Å². The van der Waals surface area contributed by atoms with E-state index in [2.05, 4.69) is 15.1 Å². The molecule has 0 atom stereocenters. The average molecular weight is 290 g/mol. The van der Waals surface area contributed by atoms with Gasteiger partial charge in [0.15, 0.2) is 0 Å². The molecule has 20 heavy (non-hydrogen) atoms. The SMILES string of the molecule is Cc1nnc(N(Cc2ccccc2[N+](=O)[O-])C2CC2)s1. The van der Waals surface area contributed by atoms with Gasteiger partial charge in [0, 0.05) is 17.7 Å². The second-order valence-corrected chi connectivity index (χ2v) is 6.01. The molecule has 104 valence electrons. The van der Waals surface area contributed by atoms with E-state index in [-0.39, 0.29) is 10.6 Å². The van der Waals surface area contributed by atoms with Crippen LogP contribution in [0.4, 0.5) is 10.8 Å². The molecule has 0 saturated heterocycles. The molecular formula is C13H14N4O2S. The maximum Gasteiger partial charge on any atom is 0.274 e. The summed E-state index contributed by atoms with van der Waals surface area (Å²) in [6, 6.07) is 7.31. The van der Waals surface area contributed by atoms with Crippen LogP contribution in [-0.2, 0) is 6.54 Å². The molecule has 1 heterocycles. The van der Waals surface area contributed by atoms with E-state index in [4.69, 9.17) is 0 Å². The molecule has 0 bridgehead atoms. The number of nitro benzene ring substituents is 1. The lowest BCUT2D eigenvalue weighted by molar-refractivity contribution is -0.385. The molecule has 0 amide bonds. The van der Waals surface area contributed by atoms with E-state index in [0.29, 0.717) is 12.6 Å². The summed E-state index contributed by atoms with van der Waals surface area (Å²) in [6.45, 7) is 2.42. The first kappa shape index (κ1) is 13.0. The highest BCUT2D eigenvalue weighted by molar-refractivity contribution is 7.15. The summed E-state index contributed by atoms with van der Waals surface area (Å²) in [4.78, 5) is 12.9. The van der Waals surface area contributed by atoms with E-state index in [9.17, 15) is 10.1 Å². The quantitative estimate of drug-likeness (QED) is 0.625. The van der Waals surface area contributed by atoms with Gasteiger partial charge in [-0.1, -0.05) is 29.5 Å². The molecule has 0 N–H and O–H groups in total. The predicted molar refractivity (Wildman–Crippen MR) is 76.9 cm³/mol. The molecule has 0 unspecified atom stereocenters. The van der Waals surface area contributed by atoms with Gasteiger partial charge in [-0.15, -0.1) is 10.2 Å². The Morgan fingerprint density at radius 1 is 1.40 bits per heavy atom. The van der Waals surface area contributed by atoms with Crippen molar-refractivity contribution in [1.82, 2.24) is 10.2 Å². The summed E-state index contributed by atoms with van der Waals surface area (Å²) >= 11 is 1.53. The third-order valence-electron chi connectivity index (χ3n) is 3.28. The molecule has 1 fully saturated rings. The summed E-state index contributed by atoms with van der Waals surface area (Å²) in [6.07, 6.45) is 2.22. The van der Waals surface area contributed by atoms with Gasteiger partial charge in [-0.05, 0) is 19.8 Å². The molecule has 0 radical (unpaired) electrons. The van der Waals surface area contributed by atoms with Crippen molar-refractivity contribution in [3.05, 3.63) is 45.0 Å². The molecule has 1 aromatic heterocycles. The van der Waals surface area contributed by atoms with Crippen molar-refractivity contribution in [3.63, 3.8) is 0 Å². The lowest BCUT2D eigenvalue weighted by atomic mass is 10.1. The highest BCUT2D eigenvalue weighted by Crippen LogP contribution is 2.35. The second kappa shape index (κ2) is 5.16. The molecule has 2 aromatic rings. The molecule has 0 spiro atoms. The summed E-state index contributed by atoms with van der Waals surface area (Å²) in [5.41, 5.74) is 0.886. The Morgan fingerprint density at radius 3 is 2.75 bits per heavy atom. The maximum atomic E-state index is 11.1. The molecule has 1 saturated carbocycles. The zero-order valence-corrected chi connectivity index (χ0v) is 11.8. The van der Waals surface area contributed by atoms with Gasteiger partial charge in [-0.3, -0.25) is 10.1 Å². The molecular weight excluding hydrogens is 276 g/mol. The van der Waals surface area contributed by atoms with Crippen LogP contribution in [0.5, 0.6) is 0 Å². The third-order valence-corrected chi connectivity index (χ3v) is 4.15. The highest BCUT2D eigenvalue weighted by atomic mass is 32.1. The zero-order valence-electron chi connectivity index (χ0n) is 11.0. The number of anilines is 1. The summed E-state index contributed by atoms with van der Waals surface area (Å²) in [5, 5.41) is 21.1. The number of aromatic nitrogens is 2. The fraction of sp³-hybridized carbons (Fsp3) is 0.385. The smallest absolute Gasteiger partial charge is 0.274 e. The third kappa shape index (κ3) is 2.62. The summed E-state index contributed by atoms with van der Waals surface area (Å²) in [7, 11) is 0. The van der Waals surface area contributed by atoms with Gasteiger partial charge in [0.2, 0.25) is 5.13 Å². The van der Waals surface area contributed by atoms with Gasteiger partial charge in [0.1, 0.15) is 5.01 Å². The molecule has 7 heteroatoms. The Hall–Kier alpha value is -2.02. The number of nitrogens with zero attached hydrogens (tertiary/aromatic N) is 4. The van der Waals surface area contributed by atoms with Crippen molar-refractivity contribution in [2.24, 2.45) is 0 Å². The van der Waals surface area contributed by atoms with Gasteiger partial charge in [-0.25, -0.2) is 0 Å². The molecule has 0 aliphatic heterocycles. The minimum Gasteiger partial charge on any atom is -0.339 e. The standard InChI is InChI=1S/C13H14N4O2S/c1-9-14-15-13(20-9)16(11-6-7-11)8-10-4-2-3-5-12(10)17(18)19/h2-5,11H,6-8H2,1H3. The Morgan fingerprint density at radius 2 is 2.15 bits per heavy atom. The molecule has 6 nitrogen and oxygen atoms in total. The van der Waals surface area contributed by atoms with Crippen LogP contribution in [0.2, 0.25) is 0 Å². The van der Waals surface area contributed by atoms with Crippen molar-refractivity contribution in [3.8, 4) is 0 Å². The minimum absolute atomic E-state index is 0.166. The topological polar surface area (TPSA) is 72.2 Å². The minimum atomic E-state index is -0.328. The van der Waals surface area contributed by atoms with Crippen LogP contribution in [0.25, 0.3) is 0 Å². The number of aryl methyl sites for hydroxylation is 1. The monoisotopic (exact) mass is 290 g/mol. The highest BCUT2D eigenvalue weighted by Gasteiger charge is 2.32. The first-order chi connectivity index (χ1) is 9.65. The van der Waals surface area contributed by atoms with Gasteiger partial charge in [0.05, 0.1) is 11.5 Å². The summed E-state index contributed by atoms with van der Waals surface area (Å²) < 4.78 is 0. The number of benzene rings is 1. The van der Waals surface area contributed by atoms with Crippen LogP contribution >= 0.6 is 11.3 Å². The van der Waals surface area contributed by atoms with E-state index < -0.39 is 0 Å². The zero-order chi connectivity index (χ0) is 14.1. The second-order valence-electron chi connectivity index (χ2n) is 4.85.